The second kappa shape index (κ2) is 6.64. The maximum absolute atomic E-state index is 14.0. The van der Waals surface area contributed by atoms with E-state index in [1.807, 2.05) is 0 Å². The van der Waals surface area contributed by atoms with Gasteiger partial charge in [-0.15, -0.1) is 0 Å². The van der Waals surface area contributed by atoms with Crippen molar-refractivity contribution in [2.45, 2.75) is 17.9 Å². The summed E-state index contributed by atoms with van der Waals surface area (Å²) >= 11 is 0. The first-order valence-electron chi connectivity index (χ1n) is 7.01. The Hall–Kier alpha value is -2.14. The van der Waals surface area contributed by atoms with Gasteiger partial charge in [-0.25, -0.2) is 13.6 Å². The number of aliphatic hydroxyl groups excluding tert-OH is 1. The third-order valence-corrected chi connectivity index (χ3v) is 3.74. The molecule has 0 spiro atoms. The lowest BCUT2D eigenvalue weighted by Crippen LogP contribution is -2.69. The van der Waals surface area contributed by atoms with Crippen LogP contribution in [0.1, 0.15) is 0 Å². The van der Waals surface area contributed by atoms with Crippen molar-refractivity contribution in [3.63, 3.8) is 0 Å². The van der Waals surface area contributed by atoms with E-state index in [2.05, 4.69) is 10.1 Å². The number of methoxy groups -OCH3 is 1. The number of hydrogen-bond acceptors (Lipinski definition) is 6. The number of ether oxygens (including phenoxy) is 1. The fraction of sp³-hybridized carbons (Fsp3) is 0.500. The zero-order valence-electron chi connectivity index (χ0n) is 12.9. The van der Waals surface area contributed by atoms with Gasteiger partial charge in [-0.3, -0.25) is 0 Å². The molecule has 6 nitrogen and oxygen atoms in total. The first-order chi connectivity index (χ1) is 11.5. The summed E-state index contributed by atoms with van der Waals surface area (Å²) in [7, 11) is 1.05. The van der Waals surface area contributed by atoms with Crippen LogP contribution in [-0.4, -0.2) is 60.8 Å². The molecule has 1 saturated heterocycles. The van der Waals surface area contributed by atoms with Gasteiger partial charge in [-0.2, -0.15) is 13.2 Å². The number of β-amino-alcohol motifs (C(OH)–C–C–N with tert-alkyl or cyclic N) is 1. The molecule has 0 bridgehead atoms. The summed E-state index contributed by atoms with van der Waals surface area (Å²) < 4.78 is 70.1. The van der Waals surface area contributed by atoms with Gasteiger partial charge in [0.15, 0.2) is 23.3 Å². The Kier molecular flexibility index (Phi) is 5.09. The zero-order chi connectivity index (χ0) is 19.0. The van der Waals surface area contributed by atoms with Crippen molar-refractivity contribution in [1.29, 1.82) is 0 Å². The second-order valence-electron chi connectivity index (χ2n) is 5.59. The first kappa shape index (κ1) is 19.2. The molecule has 25 heavy (non-hydrogen) atoms. The SMILES string of the molecule is COC(=O)[C@H](O)CNc1cc(F)c(N2CC(O)(C(F)(F)F)C2)c(F)c1. The first-order valence-corrected chi connectivity index (χ1v) is 7.01. The van der Waals surface area contributed by atoms with Crippen molar-refractivity contribution in [2.24, 2.45) is 0 Å². The van der Waals surface area contributed by atoms with Crippen molar-refractivity contribution in [3.05, 3.63) is 23.8 Å². The molecule has 11 heteroatoms. The Morgan fingerprint density at radius 1 is 1.36 bits per heavy atom. The highest BCUT2D eigenvalue weighted by Gasteiger charge is 2.61. The topological polar surface area (TPSA) is 82.0 Å². The summed E-state index contributed by atoms with van der Waals surface area (Å²) in [5, 5.41) is 21.1. The van der Waals surface area contributed by atoms with Crippen LogP contribution in [0.3, 0.4) is 0 Å². The van der Waals surface area contributed by atoms with E-state index in [9.17, 15) is 37.0 Å². The molecule has 0 aromatic heterocycles. The molecule has 1 aromatic rings. The highest BCUT2D eigenvalue weighted by molar-refractivity contribution is 5.75. The molecule has 0 amide bonds. The van der Waals surface area contributed by atoms with Gasteiger partial charge in [-0.1, -0.05) is 0 Å². The van der Waals surface area contributed by atoms with Crippen molar-refractivity contribution < 1.29 is 41.7 Å². The minimum atomic E-state index is -4.90. The Morgan fingerprint density at radius 2 is 1.88 bits per heavy atom. The number of hydrogen-bond donors (Lipinski definition) is 3. The quantitative estimate of drug-likeness (QED) is 0.531. The molecule has 1 atom stereocenters. The van der Waals surface area contributed by atoms with Crippen LogP contribution < -0.4 is 10.2 Å². The number of nitrogens with zero attached hydrogens (tertiary/aromatic N) is 1. The van der Waals surface area contributed by atoms with Crippen LogP contribution in [0.2, 0.25) is 0 Å². The minimum Gasteiger partial charge on any atom is -0.467 e. The Morgan fingerprint density at radius 3 is 2.32 bits per heavy atom. The number of rotatable bonds is 5. The lowest BCUT2D eigenvalue weighted by Gasteiger charge is -2.48. The average Bonchev–Trinajstić information content (AvgIpc) is 2.48. The number of carbonyl (C=O) groups is 1. The highest BCUT2D eigenvalue weighted by Crippen LogP contribution is 2.41. The van der Waals surface area contributed by atoms with E-state index in [0.29, 0.717) is 0 Å². The number of anilines is 2. The van der Waals surface area contributed by atoms with E-state index in [4.69, 9.17) is 0 Å². The number of aliphatic hydroxyl groups is 2. The van der Waals surface area contributed by atoms with Gasteiger partial charge in [-0.05, 0) is 12.1 Å². The molecule has 140 valence electrons. The highest BCUT2D eigenvalue weighted by atomic mass is 19.4. The molecule has 2 rings (SSSR count). The van der Waals surface area contributed by atoms with Crippen LogP contribution in [0.4, 0.5) is 33.3 Å². The molecule has 0 unspecified atom stereocenters. The molecule has 1 aliphatic heterocycles. The van der Waals surface area contributed by atoms with Crippen LogP contribution in [-0.2, 0) is 9.53 Å². The molecular formula is C14H15F5N2O4. The predicted octanol–water partition coefficient (Wildman–Crippen LogP) is 1.02. The summed E-state index contributed by atoms with van der Waals surface area (Å²) in [6.45, 7) is -2.36. The van der Waals surface area contributed by atoms with Crippen LogP contribution in [0.25, 0.3) is 0 Å². The van der Waals surface area contributed by atoms with Crippen LogP contribution in [0, 0.1) is 11.6 Å². The summed E-state index contributed by atoms with van der Waals surface area (Å²) in [6.07, 6.45) is -6.46. The van der Waals surface area contributed by atoms with Gasteiger partial charge in [0.1, 0.15) is 5.69 Å². The van der Waals surface area contributed by atoms with Crippen LogP contribution in [0.15, 0.2) is 12.1 Å². The van der Waals surface area contributed by atoms with Crippen molar-refractivity contribution in [2.75, 3.05) is 37.0 Å². The second-order valence-corrected chi connectivity index (χ2v) is 5.59. The van der Waals surface area contributed by atoms with E-state index in [1.54, 1.807) is 0 Å². The molecule has 1 heterocycles. The maximum Gasteiger partial charge on any atom is 0.420 e. The average molecular weight is 370 g/mol. The lowest BCUT2D eigenvalue weighted by atomic mass is 9.92. The summed E-state index contributed by atoms with van der Waals surface area (Å²) in [5.41, 5.74) is -3.84. The third kappa shape index (κ3) is 3.76. The van der Waals surface area contributed by atoms with Crippen molar-refractivity contribution in [1.82, 2.24) is 0 Å². The van der Waals surface area contributed by atoms with Gasteiger partial charge in [0.05, 0.1) is 26.7 Å². The molecule has 0 aliphatic carbocycles. The van der Waals surface area contributed by atoms with Gasteiger partial charge in [0.2, 0.25) is 0 Å². The number of halogens is 5. The number of nitrogens with one attached hydrogen (secondary N) is 1. The van der Waals surface area contributed by atoms with Crippen molar-refractivity contribution >= 4 is 17.3 Å². The predicted molar refractivity (Wildman–Crippen MR) is 76.1 cm³/mol. The van der Waals surface area contributed by atoms with Crippen LogP contribution in [0.5, 0.6) is 0 Å². The number of alkyl halides is 3. The van der Waals surface area contributed by atoms with Gasteiger partial charge in [0.25, 0.3) is 0 Å². The molecule has 0 radical (unpaired) electrons. The molecule has 3 N–H and O–H groups in total. The smallest absolute Gasteiger partial charge is 0.420 e. The molecule has 1 aliphatic rings. The lowest BCUT2D eigenvalue weighted by molar-refractivity contribution is -0.267. The molecular weight excluding hydrogens is 355 g/mol. The van der Waals surface area contributed by atoms with E-state index >= 15 is 0 Å². The number of benzene rings is 1. The summed E-state index contributed by atoms with van der Waals surface area (Å²) in [6, 6.07) is 1.60. The van der Waals surface area contributed by atoms with Gasteiger partial charge >= 0.3 is 12.1 Å². The fourth-order valence-corrected chi connectivity index (χ4v) is 2.33. The normalized spacial score (nSPS) is 17.7. The van der Waals surface area contributed by atoms with E-state index in [1.165, 1.54) is 0 Å². The third-order valence-electron chi connectivity index (χ3n) is 3.74. The van der Waals surface area contributed by atoms with Crippen LogP contribution >= 0.6 is 0 Å². The van der Waals surface area contributed by atoms with Gasteiger partial charge < -0.3 is 25.2 Å². The minimum absolute atomic E-state index is 0.131. The van der Waals surface area contributed by atoms with Crippen molar-refractivity contribution in [3.8, 4) is 0 Å². The number of carbonyl (C=O) groups excluding carboxylic acids is 1. The summed E-state index contributed by atoms with van der Waals surface area (Å²) in [4.78, 5) is 11.7. The number of esters is 1. The van der Waals surface area contributed by atoms with E-state index < -0.39 is 54.3 Å². The standard InChI is InChI=1S/C14H15F5N2O4/c1-25-12(23)10(22)4-20-7-2-8(15)11(9(16)3-7)21-5-13(24,6-21)14(17,18)19/h2-3,10,20,22,24H,4-6H2,1H3/t10-/m1/s1. The molecule has 0 saturated carbocycles. The molecule has 1 aromatic carbocycles. The Labute approximate surface area is 138 Å². The Bertz CT molecular complexity index is 638. The largest absolute Gasteiger partial charge is 0.467 e. The Balaban J connectivity index is 2.08. The van der Waals surface area contributed by atoms with E-state index in [-0.39, 0.29) is 12.2 Å². The van der Waals surface area contributed by atoms with Gasteiger partial charge in [0, 0.05) is 5.69 Å². The van der Waals surface area contributed by atoms with E-state index in [0.717, 1.165) is 24.1 Å². The fourth-order valence-electron chi connectivity index (χ4n) is 2.33. The molecule has 1 fully saturated rings. The maximum atomic E-state index is 14.0. The zero-order valence-corrected chi connectivity index (χ0v) is 12.9. The monoisotopic (exact) mass is 370 g/mol. The summed E-state index contributed by atoms with van der Waals surface area (Å²) in [5.74, 6) is -3.25.